The molecule has 2 aliphatic heterocycles. The van der Waals surface area contributed by atoms with E-state index in [2.05, 4.69) is 10.6 Å². The predicted octanol–water partition coefficient (Wildman–Crippen LogP) is 1.79. The van der Waals surface area contributed by atoms with Crippen molar-refractivity contribution in [3.8, 4) is 0 Å². The van der Waals surface area contributed by atoms with Crippen molar-refractivity contribution in [3.63, 3.8) is 0 Å². The Hall–Kier alpha value is -1.88. The zero-order valence-electron chi connectivity index (χ0n) is 13.8. The van der Waals surface area contributed by atoms with Crippen LogP contribution in [0.3, 0.4) is 0 Å². The van der Waals surface area contributed by atoms with Crippen LogP contribution in [0.5, 0.6) is 0 Å². The van der Waals surface area contributed by atoms with Crippen LogP contribution in [0, 0.1) is 0 Å². The van der Waals surface area contributed by atoms with Crippen LogP contribution >= 0.6 is 0 Å². The summed E-state index contributed by atoms with van der Waals surface area (Å²) < 4.78 is 0. The summed E-state index contributed by atoms with van der Waals surface area (Å²) in [5, 5.41) is 6.72. The highest BCUT2D eigenvalue weighted by molar-refractivity contribution is 5.99. The average Bonchev–Trinajstić information content (AvgIpc) is 2.92. The second kappa shape index (κ2) is 6.71. The summed E-state index contributed by atoms with van der Waals surface area (Å²) in [4.78, 5) is 26.4. The van der Waals surface area contributed by atoms with Gasteiger partial charge in [0.25, 0.3) is 11.8 Å². The molecule has 124 valence electrons. The fourth-order valence-corrected chi connectivity index (χ4v) is 3.60. The van der Waals surface area contributed by atoms with Crippen molar-refractivity contribution in [1.82, 2.24) is 15.5 Å². The van der Waals surface area contributed by atoms with Crippen LogP contribution in [-0.2, 0) is 0 Å². The van der Waals surface area contributed by atoms with Crippen molar-refractivity contribution in [1.29, 1.82) is 0 Å². The zero-order valence-corrected chi connectivity index (χ0v) is 13.8. The maximum atomic E-state index is 12.5. The van der Waals surface area contributed by atoms with E-state index in [0.29, 0.717) is 29.8 Å². The largest absolute Gasteiger partial charge is 0.349 e. The minimum Gasteiger partial charge on any atom is -0.349 e. The first kappa shape index (κ1) is 16.0. The van der Waals surface area contributed by atoms with E-state index in [1.807, 2.05) is 6.92 Å². The number of amides is 2. The molecule has 0 spiro atoms. The summed E-state index contributed by atoms with van der Waals surface area (Å²) >= 11 is 0. The van der Waals surface area contributed by atoms with E-state index in [-0.39, 0.29) is 17.9 Å². The number of nitrogens with zero attached hydrogens (tertiary/aromatic N) is 1. The van der Waals surface area contributed by atoms with E-state index in [1.165, 1.54) is 12.8 Å². The SMILES string of the molecule is CCN(C)C(=O)c1cccc(C(=O)NC2CC3CCC(C2)N3)c1. The molecule has 5 nitrogen and oxygen atoms in total. The van der Waals surface area contributed by atoms with Crippen molar-refractivity contribution in [2.45, 2.75) is 50.7 Å². The van der Waals surface area contributed by atoms with Gasteiger partial charge in [0.1, 0.15) is 0 Å². The maximum absolute atomic E-state index is 12.5. The quantitative estimate of drug-likeness (QED) is 0.890. The molecule has 2 saturated heterocycles. The van der Waals surface area contributed by atoms with Crippen LogP contribution in [0.4, 0.5) is 0 Å². The van der Waals surface area contributed by atoms with Crippen molar-refractivity contribution >= 4 is 11.8 Å². The molecule has 2 aliphatic rings. The van der Waals surface area contributed by atoms with Crippen molar-refractivity contribution in [2.24, 2.45) is 0 Å². The van der Waals surface area contributed by atoms with Gasteiger partial charge in [-0.3, -0.25) is 9.59 Å². The van der Waals surface area contributed by atoms with Gasteiger partial charge in [0.15, 0.2) is 0 Å². The fraction of sp³-hybridized carbons (Fsp3) is 0.556. The highest BCUT2D eigenvalue weighted by atomic mass is 16.2. The van der Waals surface area contributed by atoms with Crippen LogP contribution in [0.25, 0.3) is 0 Å². The molecule has 0 radical (unpaired) electrons. The lowest BCUT2D eigenvalue weighted by atomic mass is 9.99. The summed E-state index contributed by atoms with van der Waals surface area (Å²) in [6.07, 6.45) is 4.42. The molecule has 2 atom stereocenters. The summed E-state index contributed by atoms with van der Waals surface area (Å²) in [5.74, 6) is -0.132. The van der Waals surface area contributed by atoms with Gasteiger partial charge in [-0.1, -0.05) is 6.07 Å². The minimum absolute atomic E-state index is 0.0536. The lowest BCUT2D eigenvalue weighted by Gasteiger charge is -2.29. The number of hydrogen-bond acceptors (Lipinski definition) is 3. The number of benzene rings is 1. The van der Waals surface area contributed by atoms with Crippen LogP contribution in [0.15, 0.2) is 24.3 Å². The van der Waals surface area contributed by atoms with Crippen LogP contribution < -0.4 is 10.6 Å². The van der Waals surface area contributed by atoms with Gasteiger partial charge in [0.05, 0.1) is 0 Å². The third kappa shape index (κ3) is 3.55. The first-order chi connectivity index (χ1) is 11.1. The van der Waals surface area contributed by atoms with Crippen molar-refractivity contribution < 1.29 is 9.59 Å². The number of fused-ring (bicyclic) bond motifs is 2. The standard InChI is InChI=1S/C18H25N3O2/c1-3-21(2)18(23)13-6-4-5-12(9-13)17(22)20-16-10-14-7-8-15(11-16)19-14/h4-6,9,14-16,19H,3,7-8,10-11H2,1-2H3,(H,20,22). The number of piperidine rings is 1. The third-order valence-electron chi connectivity index (χ3n) is 5.00. The molecule has 3 rings (SSSR count). The Balaban J connectivity index is 1.66. The molecule has 5 heteroatoms. The molecule has 0 saturated carbocycles. The number of hydrogen-bond donors (Lipinski definition) is 2. The number of nitrogens with one attached hydrogen (secondary N) is 2. The van der Waals surface area contributed by atoms with E-state index < -0.39 is 0 Å². The van der Waals surface area contributed by atoms with Gasteiger partial charge in [-0.05, 0) is 50.8 Å². The van der Waals surface area contributed by atoms with E-state index in [4.69, 9.17) is 0 Å². The van der Waals surface area contributed by atoms with E-state index in [0.717, 1.165) is 12.8 Å². The van der Waals surface area contributed by atoms with Gasteiger partial charge in [-0.15, -0.1) is 0 Å². The van der Waals surface area contributed by atoms with Gasteiger partial charge >= 0.3 is 0 Å². The van der Waals surface area contributed by atoms with Crippen molar-refractivity contribution in [3.05, 3.63) is 35.4 Å². The lowest BCUT2D eigenvalue weighted by molar-refractivity contribution is 0.0802. The van der Waals surface area contributed by atoms with Crippen LogP contribution in [-0.4, -0.2) is 48.4 Å². The van der Waals surface area contributed by atoms with E-state index in [1.54, 1.807) is 36.2 Å². The van der Waals surface area contributed by atoms with Gasteiger partial charge in [-0.25, -0.2) is 0 Å². The first-order valence-electron chi connectivity index (χ1n) is 8.49. The molecule has 1 aromatic rings. The summed E-state index contributed by atoms with van der Waals surface area (Å²) in [7, 11) is 1.76. The molecular formula is C18H25N3O2. The molecule has 2 fully saturated rings. The Labute approximate surface area is 137 Å². The minimum atomic E-state index is -0.0786. The van der Waals surface area contributed by atoms with Crippen molar-refractivity contribution in [2.75, 3.05) is 13.6 Å². The Bertz CT molecular complexity index is 590. The second-order valence-electron chi connectivity index (χ2n) is 6.68. The lowest BCUT2D eigenvalue weighted by Crippen LogP contribution is -2.48. The predicted molar refractivity (Wildman–Crippen MR) is 89.5 cm³/mol. The molecule has 2 amide bonds. The Morgan fingerprint density at radius 2 is 1.87 bits per heavy atom. The topological polar surface area (TPSA) is 61.4 Å². The molecular weight excluding hydrogens is 290 g/mol. The Kier molecular flexibility index (Phi) is 4.66. The van der Waals surface area contributed by atoms with Gasteiger partial charge in [-0.2, -0.15) is 0 Å². The third-order valence-corrected chi connectivity index (χ3v) is 5.00. The molecule has 23 heavy (non-hydrogen) atoms. The van der Waals surface area contributed by atoms with Gasteiger partial charge in [0.2, 0.25) is 0 Å². The maximum Gasteiger partial charge on any atom is 0.253 e. The van der Waals surface area contributed by atoms with Crippen LogP contribution in [0.1, 0.15) is 53.3 Å². The number of rotatable bonds is 4. The van der Waals surface area contributed by atoms with E-state index >= 15 is 0 Å². The second-order valence-corrected chi connectivity index (χ2v) is 6.68. The molecule has 0 aliphatic carbocycles. The fourth-order valence-electron chi connectivity index (χ4n) is 3.60. The molecule has 2 unspecified atom stereocenters. The molecule has 2 heterocycles. The Morgan fingerprint density at radius 1 is 1.22 bits per heavy atom. The first-order valence-corrected chi connectivity index (χ1v) is 8.49. The zero-order chi connectivity index (χ0) is 16.4. The van der Waals surface area contributed by atoms with Crippen LogP contribution in [0.2, 0.25) is 0 Å². The normalized spacial score (nSPS) is 25.9. The molecule has 0 aromatic heterocycles. The highest BCUT2D eigenvalue weighted by Crippen LogP contribution is 2.26. The van der Waals surface area contributed by atoms with Gasteiger partial charge < -0.3 is 15.5 Å². The molecule has 1 aromatic carbocycles. The summed E-state index contributed by atoms with van der Waals surface area (Å²) in [6, 6.07) is 8.33. The van der Waals surface area contributed by atoms with E-state index in [9.17, 15) is 9.59 Å². The monoisotopic (exact) mass is 315 g/mol. The average molecular weight is 315 g/mol. The highest BCUT2D eigenvalue weighted by Gasteiger charge is 2.34. The molecule has 2 N–H and O–H groups in total. The summed E-state index contributed by atoms with van der Waals surface area (Å²) in [5.41, 5.74) is 1.12. The number of carbonyl (C=O) groups is 2. The Morgan fingerprint density at radius 3 is 2.52 bits per heavy atom. The molecule has 2 bridgehead atoms. The van der Waals surface area contributed by atoms with Gasteiger partial charge in [0, 0.05) is 42.8 Å². The number of carbonyl (C=O) groups excluding carboxylic acids is 2. The smallest absolute Gasteiger partial charge is 0.253 e. The summed E-state index contributed by atoms with van der Waals surface area (Å²) in [6.45, 7) is 2.58.